The number of carbonyl (C=O) groups is 1. The fourth-order valence-electron chi connectivity index (χ4n) is 3.54. The van der Waals surface area contributed by atoms with Crippen LogP contribution >= 0.6 is 0 Å². The molecule has 30 heavy (non-hydrogen) atoms. The molecule has 1 aliphatic rings. The molecule has 2 aromatic carbocycles. The number of ether oxygens (including phenoxy) is 1. The Bertz CT molecular complexity index is 1060. The highest BCUT2D eigenvalue weighted by molar-refractivity contribution is 5.79. The zero-order chi connectivity index (χ0) is 20.9. The second-order valence-corrected chi connectivity index (χ2v) is 7.17. The predicted octanol–water partition coefficient (Wildman–Crippen LogP) is 2.13. The Balaban J connectivity index is 1.39. The van der Waals surface area contributed by atoms with Crippen molar-refractivity contribution in [2.75, 3.05) is 38.2 Å². The molecule has 154 valence electrons. The largest absolute Gasteiger partial charge is 0.497 e. The number of aromatic nitrogens is 2. The van der Waals surface area contributed by atoms with Crippen LogP contribution in [0.1, 0.15) is 5.56 Å². The van der Waals surface area contributed by atoms with Gasteiger partial charge in [0.25, 0.3) is 5.56 Å². The SMILES string of the molecule is COc1ccc(CC(=O)N2CCN(c3ccc(=O)n(-c4ccccc4)n3)CC2)cc1. The van der Waals surface area contributed by atoms with Crippen molar-refractivity contribution in [3.63, 3.8) is 0 Å². The molecule has 1 fully saturated rings. The Morgan fingerprint density at radius 3 is 2.30 bits per heavy atom. The highest BCUT2D eigenvalue weighted by Gasteiger charge is 2.22. The van der Waals surface area contributed by atoms with Crippen molar-refractivity contribution in [2.45, 2.75) is 6.42 Å². The summed E-state index contributed by atoms with van der Waals surface area (Å²) in [4.78, 5) is 28.9. The van der Waals surface area contributed by atoms with Crippen molar-refractivity contribution in [3.8, 4) is 11.4 Å². The van der Waals surface area contributed by atoms with E-state index in [2.05, 4.69) is 10.00 Å². The Morgan fingerprint density at radius 1 is 0.933 bits per heavy atom. The number of amides is 1. The van der Waals surface area contributed by atoms with Crippen LogP contribution in [0.2, 0.25) is 0 Å². The van der Waals surface area contributed by atoms with E-state index in [9.17, 15) is 9.59 Å². The first-order valence-electron chi connectivity index (χ1n) is 9.95. The minimum Gasteiger partial charge on any atom is -0.497 e. The van der Waals surface area contributed by atoms with E-state index >= 15 is 0 Å². The molecule has 0 spiro atoms. The van der Waals surface area contributed by atoms with Gasteiger partial charge in [0.2, 0.25) is 5.91 Å². The van der Waals surface area contributed by atoms with Crippen LogP contribution in [0.5, 0.6) is 5.75 Å². The third kappa shape index (κ3) is 4.35. The van der Waals surface area contributed by atoms with Gasteiger partial charge in [-0.15, -0.1) is 5.10 Å². The number of nitrogens with zero attached hydrogens (tertiary/aromatic N) is 4. The number of hydrogen-bond acceptors (Lipinski definition) is 5. The summed E-state index contributed by atoms with van der Waals surface area (Å²) in [5.41, 5.74) is 1.54. The fraction of sp³-hybridized carbons (Fsp3) is 0.261. The van der Waals surface area contributed by atoms with Crippen LogP contribution in [0, 0.1) is 0 Å². The number of benzene rings is 2. The van der Waals surface area contributed by atoms with Gasteiger partial charge in [0.15, 0.2) is 0 Å². The van der Waals surface area contributed by atoms with Gasteiger partial charge in [-0.25, -0.2) is 0 Å². The number of methoxy groups -OCH3 is 1. The van der Waals surface area contributed by atoms with E-state index in [-0.39, 0.29) is 11.5 Å². The molecular weight excluding hydrogens is 380 g/mol. The summed E-state index contributed by atoms with van der Waals surface area (Å²) in [6, 6.07) is 20.2. The van der Waals surface area contributed by atoms with E-state index in [0.717, 1.165) is 22.8 Å². The van der Waals surface area contributed by atoms with Crippen LogP contribution in [0.25, 0.3) is 5.69 Å². The van der Waals surface area contributed by atoms with Gasteiger partial charge >= 0.3 is 0 Å². The van der Waals surface area contributed by atoms with Crippen molar-refractivity contribution in [2.24, 2.45) is 0 Å². The molecule has 0 saturated carbocycles. The molecule has 0 radical (unpaired) electrons. The number of piperazine rings is 1. The molecule has 0 unspecified atom stereocenters. The number of carbonyl (C=O) groups excluding carboxylic acids is 1. The first kappa shape index (κ1) is 19.7. The maximum Gasteiger partial charge on any atom is 0.271 e. The smallest absolute Gasteiger partial charge is 0.271 e. The van der Waals surface area contributed by atoms with Crippen molar-refractivity contribution in [1.82, 2.24) is 14.7 Å². The quantitative estimate of drug-likeness (QED) is 0.652. The highest BCUT2D eigenvalue weighted by atomic mass is 16.5. The molecule has 1 aliphatic heterocycles. The van der Waals surface area contributed by atoms with Gasteiger partial charge in [-0.2, -0.15) is 4.68 Å². The van der Waals surface area contributed by atoms with E-state index in [4.69, 9.17) is 4.74 Å². The van der Waals surface area contributed by atoms with Gasteiger partial charge < -0.3 is 14.5 Å². The molecule has 1 amide bonds. The number of anilines is 1. The zero-order valence-corrected chi connectivity index (χ0v) is 16.9. The van der Waals surface area contributed by atoms with Gasteiger partial charge in [0.1, 0.15) is 11.6 Å². The summed E-state index contributed by atoms with van der Waals surface area (Å²) >= 11 is 0. The standard InChI is InChI=1S/C23H24N4O3/c1-30-20-9-7-18(8-10-20)17-23(29)26-15-13-25(14-16-26)21-11-12-22(28)27(24-21)19-5-3-2-4-6-19/h2-12H,13-17H2,1H3. The second kappa shape index (κ2) is 8.82. The Kier molecular flexibility index (Phi) is 5.79. The van der Waals surface area contributed by atoms with Crippen LogP contribution in [0.4, 0.5) is 5.82 Å². The summed E-state index contributed by atoms with van der Waals surface area (Å²) in [6.45, 7) is 2.60. The molecule has 0 atom stereocenters. The molecule has 2 heterocycles. The Morgan fingerprint density at radius 2 is 1.63 bits per heavy atom. The number of hydrogen-bond donors (Lipinski definition) is 0. The summed E-state index contributed by atoms with van der Waals surface area (Å²) in [5.74, 6) is 1.63. The average molecular weight is 404 g/mol. The summed E-state index contributed by atoms with van der Waals surface area (Å²) in [7, 11) is 1.63. The third-order valence-corrected chi connectivity index (χ3v) is 5.26. The third-order valence-electron chi connectivity index (χ3n) is 5.26. The van der Waals surface area contributed by atoms with E-state index in [1.807, 2.05) is 59.5 Å². The van der Waals surface area contributed by atoms with Gasteiger partial charge in [0.05, 0.1) is 19.2 Å². The molecule has 7 heteroatoms. The molecular formula is C23H24N4O3. The van der Waals surface area contributed by atoms with E-state index in [0.29, 0.717) is 32.6 Å². The van der Waals surface area contributed by atoms with Crippen LogP contribution in [0.3, 0.4) is 0 Å². The Hall–Kier alpha value is -3.61. The summed E-state index contributed by atoms with van der Waals surface area (Å²) in [5, 5.41) is 4.53. The molecule has 4 rings (SSSR count). The monoisotopic (exact) mass is 404 g/mol. The fourth-order valence-corrected chi connectivity index (χ4v) is 3.54. The summed E-state index contributed by atoms with van der Waals surface area (Å²) in [6.07, 6.45) is 0.376. The maximum absolute atomic E-state index is 12.7. The zero-order valence-electron chi connectivity index (χ0n) is 16.9. The summed E-state index contributed by atoms with van der Waals surface area (Å²) < 4.78 is 6.57. The molecule has 0 aliphatic carbocycles. The van der Waals surface area contributed by atoms with Crippen LogP contribution < -0.4 is 15.2 Å². The lowest BCUT2D eigenvalue weighted by Gasteiger charge is -2.35. The van der Waals surface area contributed by atoms with E-state index in [1.54, 1.807) is 13.2 Å². The lowest BCUT2D eigenvalue weighted by atomic mass is 10.1. The molecule has 0 bridgehead atoms. The highest BCUT2D eigenvalue weighted by Crippen LogP contribution is 2.16. The van der Waals surface area contributed by atoms with Crippen LogP contribution in [-0.2, 0) is 11.2 Å². The van der Waals surface area contributed by atoms with Gasteiger partial charge in [-0.1, -0.05) is 30.3 Å². The van der Waals surface area contributed by atoms with Crippen molar-refractivity contribution in [3.05, 3.63) is 82.6 Å². The average Bonchev–Trinajstić information content (AvgIpc) is 2.80. The molecule has 1 aromatic heterocycles. The van der Waals surface area contributed by atoms with Crippen molar-refractivity contribution in [1.29, 1.82) is 0 Å². The first-order valence-corrected chi connectivity index (χ1v) is 9.95. The first-order chi connectivity index (χ1) is 14.6. The van der Waals surface area contributed by atoms with E-state index in [1.165, 1.54) is 10.7 Å². The van der Waals surface area contributed by atoms with E-state index < -0.39 is 0 Å². The number of para-hydroxylation sites is 1. The second-order valence-electron chi connectivity index (χ2n) is 7.17. The lowest BCUT2D eigenvalue weighted by Crippen LogP contribution is -2.49. The maximum atomic E-state index is 12.7. The van der Waals surface area contributed by atoms with Gasteiger partial charge in [-0.3, -0.25) is 9.59 Å². The minimum atomic E-state index is -0.168. The molecule has 7 nitrogen and oxygen atoms in total. The number of rotatable bonds is 5. The topological polar surface area (TPSA) is 67.7 Å². The molecule has 3 aromatic rings. The van der Waals surface area contributed by atoms with Gasteiger partial charge in [-0.05, 0) is 35.9 Å². The van der Waals surface area contributed by atoms with Crippen LogP contribution in [-0.4, -0.2) is 53.9 Å². The normalized spacial score (nSPS) is 13.9. The van der Waals surface area contributed by atoms with Crippen molar-refractivity contribution >= 4 is 11.7 Å². The van der Waals surface area contributed by atoms with Crippen LogP contribution in [0.15, 0.2) is 71.5 Å². The van der Waals surface area contributed by atoms with Crippen molar-refractivity contribution < 1.29 is 9.53 Å². The predicted molar refractivity (Wildman–Crippen MR) is 115 cm³/mol. The molecule has 0 N–H and O–H groups in total. The Labute approximate surface area is 175 Å². The van der Waals surface area contributed by atoms with Gasteiger partial charge in [0, 0.05) is 32.2 Å². The minimum absolute atomic E-state index is 0.113. The molecule has 1 saturated heterocycles. The lowest BCUT2D eigenvalue weighted by molar-refractivity contribution is -0.130.